The minimum atomic E-state index is -0.530. The van der Waals surface area contributed by atoms with Gasteiger partial charge in [-0.15, -0.1) is 0 Å². The number of carbonyl (C=O) groups is 2. The minimum Gasteiger partial charge on any atom is -0.504 e. The summed E-state index contributed by atoms with van der Waals surface area (Å²) in [5.74, 6) is -0.294. The summed E-state index contributed by atoms with van der Waals surface area (Å²) in [6, 6.07) is 4.77. The van der Waals surface area contributed by atoms with Crippen molar-refractivity contribution in [2.75, 3.05) is 40.8 Å². The SMILES string of the molecule is CNCC(NC)C(=O)OC(CC(CCCC(C)O)OC(C)=O)C1(Cc2ccc(O)c(OC)c2)CCNCC1. The molecule has 10 heteroatoms. The van der Waals surface area contributed by atoms with E-state index in [2.05, 4.69) is 16.0 Å². The Morgan fingerprint density at radius 2 is 1.87 bits per heavy atom. The molecule has 1 saturated heterocycles. The van der Waals surface area contributed by atoms with Crippen LogP contribution in [0.1, 0.15) is 57.9 Å². The van der Waals surface area contributed by atoms with Crippen molar-refractivity contribution in [1.29, 1.82) is 0 Å². The second-order valence-electron chi connectivity index (χ2n) is 10.4. The zero-order valence-electron chi connectivity index (χ0n) is 23.5. The molecule has 0 bridgehead atoms. The lowest BCUT2D eigenvalue weighted by Gasteiger charge is -2.44. The molecule has 0 aliphatic carbocycles. The Morgan fingerprint density at radius 1 is 1.16 bits per heavy atom. The predicted molar refractivity (Wildman–Crippen MR) is 145 cm³/mol. The average molecular weight is 538 g/mol. The topological polar surface area (TPSA) is 138 Å². The Morgan fingerprint density at radius 3 is 2.45 bits per heavy atom. The van der Waals surface area contributed by atoms with Gasteiger partial charge in [0.25, 0.3) is 0 Å². The zero-order chi connectivity index (χ0) is 28.1. The van der Waals surface area contributed by atoms with Crippen LogP contribution in [0.3, 0.4) is 0 Å². The van der Waals surface area contributed by atoms with Crippen LogP contribution in [0.15, 0.2) is 18.2 Å². The summed E-state index contributed by atoms with van der Waals surface area (Å²) in [6.07, 6.45) is 2.87. The van der Waals surface area contributed by atoms with E-state index in [-0.39, 0.29) is 17.7 Å². The van der Waals surface area contributed by atoms with Crippen molar-refractivity contribution in [1.82, 2.24) is 16.0 Å². The summed E-state index contributed by atoms with van der Waals surface area (Å²) >= 11 is 0. The molecule has 1 aliphatic heterocycles. The van der Waals surface area contributed by atoms with Gasteiger partial charge >= 0.3 is 11.9 Å². The number of hydrogen-bond acceptors (Lipinski definition) is 10. The fourth-order valence-corrected chi connectivity index (χ4v) is 5.27. The highest BCUT2D eigenvalue weighted by molar-refractivity contribution is 5.76. The van der Waals surface area contributed by atoms with Crippen LogP contribution in [0.2, 0.25) is 0 Å². The maximum Gasteiger partial charge on any atom is 0.324 e. The molecular formula is C28H47N3O7. The second kappa shape index (κ2) is 15.9. The monoisotopic (exact) mass is 537 g/mol. The molecule has 216 valence electrons. The van der Waals surface area contributed by atoms with Crippen molar-refractivity contribution in [2.24, 2.45) is 5.41 Å². The van der Waals surface area contributed by atoms with Crippen molar-refractivity contribution in [3.8, 4) is 11.5 Å². The summed E-state index contributed by atoms with van der Waals surface area (Å²) in [5, 5.41) is 29.3. The van der Waals surface area contributed by atoms with Gasteiger partial charge < -0.3 is 40.4 Å². The highest BCUT2D eigenvalue weighted by Gasteiger charge is 2.44. The van der Waals surface area contributed by atoms with E-state index in [0.717, 1.165) is 31.5 Å². The van der Waals surface area contributed by atoms with E-state index in [1.54, 1.807) is 27.1 Å². The van der Waals surface area contributed by atoms with Crippen molar-refractivity contribution in [3.05, 3.63) is 23.8 Å². The molecule has 1 heterocycles. The van der Waals surface area contributed by atoms with Gasteiger partial charge in [0.1, 0.15) is 18.2 Å². The van der Waals surface area contributed by atoms with Crippen LogP contribution in [0.25, 0.3) is 0 Å². The van der Waals surface area contributed by atoms with Crippen LogP contribution >= 0.6 is 0 Å². The van der Waals surface area contributed by atoms with E-state index in [4.69, 9.17) is 14.2 Å². The Bertz CT molecular complexity index is 874. The average Bonchev–Trinajstić information content (AvgIpc) is 2.87. The lowest BCUT2D eigenvalue weighted by atomic mass is 9.68. The largest absolute Gasteiger partial charge is 0.504 e. The molecular weight excluding hydrogens is 490 g/mol. The van der Waals surface area contributed by atoms with Gasteiger partial charge in [-0.1, -0.05) is 6.07 Å². The highest BCUT2D eigenvalue weighted by atomic mass is 16.6. The van der Waals surface area contributed by atoms with E-state index < -0.39 is 29.8 Å². The van der Waals surface area contributed by atoms with Gasteiger partial charge in [0, 0.05) is 25.3 Å². The molecule has 2 rings (SSSR count). The van der Waals surface area contributed by atoms with E-state index in [9.17, 15) is 19.8 Å². The van der Waals surface area contributed by atoms with Gasteiger partial charge in [0.2, 0.25) is 0 Å². The van der Waals surface area contributed by atoms with Crippen molar-refractivity contribution in [2.45, 2.75) is 83.1 Å². The molecule has 4 unspecified atom stereocenters. The number of piperidine rings is 1. The molecule has 0 amide bonds. The minimum absolute atomic E-state index is 0.0653. The Hall–Kier alpha value is -2.40. The molecule has 0 radical (unpaired) electrons. The normalized spacial score (nSPS) is 18.2. The van der Waals surface area contributed by atoms with Gasteiger partial charge in [-0.25, -0.2) is 0 Å². The Balaban J connectivity index is 2.44. The number of aliphatic hydroxyl groups excluding tert-OH is 1. The third-order valence-corrected chi connectivity index (χ3v) is 7.34. The van der Waals surface area contributed by atoms with Crippen molar-refractivity contribution in [3.63, 3.8) is 0 Å². The smallest absolute Gasteiger partial charge is 0.324 e. The van der Waals surface area contributed by atoms with E-state index >= 15 is 0 Å². The summed E-state index contributed by atoms with van der Waals surface area (Å²) in [7, 11) is 5.01. The third kappa shape index (κ3) is 9.72. The van der Waals surface area contributed by atoms with E-state index in [1.165, 1.54) is 14.0 Å². The molecule has 38 heavy (non-hydrogen) atoms. The number of nitrogens with one attached hydrogen (secondary N) is 3. The maximum absolute atomic E-state index is 13.3. The first-order valence-electron chi connectivity index (χ1n) is 13.6. The first-order chi connectivity index (χ1) is 18.1. The van der Waals surface area contributed by atoms with Crippen LogP contribution in [-0.4, -0.2) is 87.3 Å². The number of aliphatic hydroxyl groups is 1. The molecule has 1 aromatic rings. The number of phenolic OH excluding ortho intramolecular Hbond substituents is 1. The quantitative estimate of drug-likeness (QED) is 0.199. The standard InChI is InChI=1S/C28H47N3O7/c1-19(32)7-6-8-22(37-20(2)33)16-26(38-27(35)23(30-4)18-29-3)28(11-13-31-14-12-28)17-21-9-10-24(34)25(15-21)36-5/h9-10,15,19,22-23,26,29-32,34H,6-8,11-14,16-18H2,1-5H3. The molecule has 1 aromatic carbocycles. The van der Waals surface area contributed by atoms with Crippen LogP contribution in [0.4, 0.5) is 0 Å². The summed E-state index contributed by atoms with van der Waals surface area (Å²) < 4.78 is 17.3. The fourth-order valence-electron chi connectivity index (χ4n) is 5.27. The number of esters is 2. The second-order valence-corrected chi connectivity index (χ2v) is 10.4. The number of likely N-dealkylation sites (N-methyl/N-ethyl adjacent to an activating group) is 2. The van der Waals surface area contributed by atoms with Crippen molar-refractivity contribution < 1.29 is 34.0 Å². The van der Waals surface area contributed by atoms with Gasteiger partial charge in [0.05, 0.1) is 13.2 Å². The first kappa shape index (κ1) is 31.8. The summed E-state index contributed by atoms with van der Waals surface area (Å²) in [6.45, 7) is 5.05. The van der Waals surface area contributed by atoms with Gasteiger partial charge in [0.15, 0.2) is 11.5 Å². The highest BCUT2D eigenvalue weighted by Crippen LogP contribution is 2.42. The first-order valence-corrected chi connectivity index (χ1v) is 13.6. The summed E-state index contributed by atoms with van der Waals surface area (Å²) in [5.41, 5.74) is 0.532. The van der Waals surface area contributed by atoms with Gasteiger partial charge in [-0.2, -0.15) is 0 Å². The Labute approximate surface area is 226 Å². The molecule has 0 saturated carbocycles. The van der Waals surface area contributed by atoms with Crippen LogP contribution in [0, 0.1) is 5.41 Å². The molecule has 1 aliphatic rings. The molecule has 1 fully saturated rings. The molecule has 0 aromatic heterocycles. The lowest BCUT2D eigenvalue weighted by molar-refractivity contribution is -0.166. The number of benzene rings is 1. The molecule has 5 N–H and O–H groups in total. The molecule has 0 spiro atoms. The number of aromatic hydroxyl groups is 1. The number of rotatable bonds is 16. The lowest BCUT2D eigenvalue weighted by Crippen LogP contribution is -2.52. The number of methoxy groups -OCH3 is 1. The number of ether oxygens (including phenoxy) is 3. The van der Waals surface area contributed by atoms with Gasteiger partial charge in [-0.05, 0) is 90.3 Å². The van der Waals surface area contributed by atoms with Crippen molar-refractivity contribution >= 4 is 11.9 Å². The molecule has 4 atom stereocenters. The van der Waals surface area contributed by atoms with E-state index in [0.29, 0.717) is 44.4 Å². The van der Waals surface area contributed by atoms with Gasteiger partial charge in [-0.3, -0.25) is 9.59 Å². The zero-order valence-corrected chi connectivity index (χ0v) is 23.5. The van der Waals surface area contributed by atoms with Crippen LogP contribution in [0.5, 0.6) is 11.5 Å². The van der Waals surface area contributed by atoms with Crippen LogP contribution < -0.4 is 20.7 Å². The Kier molecular flexibility index (Phi) is 13.3. The number of phenols is 1. The van der Waals surface area contributed by atoms with E-state index in [1.807, 2.05) is 12.1 Å². The van der Waals surface area contributed by atoms with Crippen LogP contribution in [-0.2, 0) is 25.5 Å². The predicted octanol–water partition coefficient (Wildman–Crippen LogP) is 1.91. The summed E-state index contributed by atoms with van der Waals surface area (Å²) in [4.78, 5) is 25.3. The fraction of sp³-hybridized carbons (Fsp3) is 0.714. The maximum atomic E-state index is 13.3. The number of carbonyl (C=O) groups excluding carboxylic acids is 2. The third-order valence-electron chi connectivity index (χ3n) is 7.34. The molecule has 10 nitrogen and oxygen atoms in total. The number of hydrogen-bond donors (Lipinski definition) is 5.